The molecule has 2 saturated heterocycles. The molecule has 2 amide bonds. The minimum Gasteiger partial charge on any atom is -0.335 e. The highest BCUT2D eigenvalue weighted by molar-refractivity contribution is 5.74. The lowest BCUT2D eigenvalue weighted by molar-refractivity contribution is 0.134. The van der Waals surface area contributed by atoms with Crippen molar-refractivity contribution in [1.82, 2.24) is 25.1 Å². The lowest BCUT2D eigenvalue weighted by atomic mass is 9.79. The van der Waals surface area contributed by atoms with E-state index in [1.807, 2.05) is 4.90 Å². The van der Waals surface area contributed by atoms with Gasteiger partial charge in [-0.25, -0.2) is 9.78 Å². The molecule has 0 saturated carbocycles. The number of aromatic nitrogens is 2. The third-order valence-corrected chi connectivity index (χ3v) is 6.70. The molecule has 4 heterocycles. The molecule has 4 rings (SSSR count). The Labute approximate surface area is 169 Å². The number of nitrogens with zero attached hydrogens (tertiary/aromatic N) is 3. The van der Waals surface area contributed by atoms with Crippen LogP contribution in [0, 0.1) is 0 Å². The molecule has 2 N–H and O–H groups in total. The predicted octanol–water partition coefficient (Wildman–Crippen LogP) is 3.42. The molecule has 0 unspecified atom stereocenters. The highest BCUT2D eigenvalue weighted by atomic mass is 16.2. The van der Waals surface area contributed by atoms with Crippen molar-refractivity contribution in [3.05, 3.63) is 17.7 Å². The number of hydrogen-bond donors (Lipinski definition) is 2. The zero-order valence-corrected chi connectivity index (χ0v) is 18.1. The van der Waals surface area contributed by atoms with Crippen LogP contribution in [0.5, 0.6) is 0 Å². The topological polar surface area (TPSA) is 62.2 Å². The molecule has 0 aliphatic carbocycles. The van der Waals surface area contributed by atoms with Gasteiger partial charge < -0.3 is 20.1 Å². The van der Waals surface area contributed by atoms with Gasteiger partial charge in [-0.2, -0.15) is 0 Å². The average molecular weight is 388 g/mol. The van der Waals surface area contributed by atoms with Gasteiger partial charge in [0.15, 0.2) is 0 Å². The van der Waals surface area contributed by atoms with E-state index >= 15 is 0 Å². The summed E-state index contributed by atoms with van der Waals surface area (Å²) in [4.78, 5) is 19.7. The molecule has 28 heavy (non-hydrogen) atoms. The number of rotatable bonds is 2. The standard InChI is InChI=1S/C22H37N5O/c1-21(2)13-17(14-22(3,4)25-21)24-20(28)26-11-8-16(9-12-26)19-23-15-18-7-5-6-10-27(18)19/h15-17,25H,5-14H2,1-4H3,(H,24,28). The molecule has 1 aromatic heterocycles. The van der Waals surface area contributed by atoms with Crippen LogP contribution in [0.15, 0.2) is 6.20 Å². The molecule has 0 aromatic carbocycles. The molecule has 156 valence electrons. The highest BCUT2D eigenvalue weighted by Gasteiger charge is 2.39. The fourth-order valence-electron chi connectivity index (χ4n) is 5.82. The van der Waals surface area contributed by atoms with Crippen molar-refractivity contribution in [2.75, 3.05) is 13.1 Å². The summed E-state index contributed by atoms with van der Waals surface area (Å²) in [7, 11) is 0. The van der Waals surface area contributed by atoms with Crippen molar-refractivity contribution in [3.63, 3.8) is 0 Å². The van der Waals surface area contributed by atoms with Gasteiger partial charge in [0.1, 0.15) is 5.82 Å². The summed E-state index contributed by atoms with van der Waals surface area (Å²) in [6.45, 7) is 11.7. The van der Waals surface area contributed by atoms with E-state index < -0.39 is 0 Å². The Kier molecular flexibility index (Phi) is 5.19. The Balaban J connectivity index is 1.32. The Morgan fingerprint density at radius 3 is 2.46 bits per heavy atom. The van der Waals surface area contributed by atoms with E-state index in [9.17, 15) is 4.79 Å². The van der Waals surface area contributed by atoms with Crippen LogP contribution in [0.4, 0.5) is 4.79 Å². The fourth-order valence-corrected chi connectivity index (χ4v) is 5.82. The van der Waals surface area contributed by atoms with Crippen LogP contribution in [-0.2, 0) is 13.0 Å². The SMILES string of the molecule is CC1(C)CC(NC(=O)N2CCC(c3ncc4n3CCCC4)CC2)CC(C)(C)N1. The van der Waals surface area contributed by atoms with E-state index in [0.717, 1.165) is 51.7 Å². The smallest absolute Gasteiger partial charge is 0.317 e. The Hall–Kier alpha value is -1.56. The maximum atomic E-state index is 12.9. The molecule has 6 nitrogen and oxygen atoms in total. The van der Waals surface area contributed by atoms with E-state index in [1.54, 1.807) is 0 Å². The van der Waals surface area contributed by atoms with Gasteiger partial charge in [0.25, 0.3) is 0 Å². The summed E-state index contributed by atoms with van der Waals surface area (Å²) in [6.07, 6.45) is 9.78. The van der Waals surface area contributed by atoms with E-state index in [-0.39, 0.29) is 23.2 Å². The van der Waals surface area contributed by atoms with Crippen molar-refractivity contribution in [2.24, 2.45) is 0 Å². The van der Waals surface area contributed by atoms with Gasteiger partial charge in [0.2, 0.25) is 0 Å². The van der Waals surface area contributed by atoms with Crippen LogP contribution in [-0.4, -0.2) is 50.7 Å². The summed E-state index contributed by atoms with van der Waals surface area (Å²) in [5, 5.41) is 7.01. The summed E-state index contributed by atoms with van der Waals surface area (Å²) in [5.41, 5.74) is 1.50. The fraction of sp³-hybridized carbons (Fsp3) is 0.818. The zero-order chi connectivity index (χ0) is 19.9. The second-order valence-corrected chi connectivity index (χ2v) is 10.4. The quantitative estimate of drug-likeness (QED) is 0.817. The number of aryl methyl sites for hydroxylation is 1. The number of hydrogen-bond acceptors (Lipinski definition) is 3. The normalized spacial score (nSPS) is 25.4. The first kappa shape index (κ1) is 19.7. The minimum atomic E-state index is 0.0481. The maximum absolute atomic E-state index is 12.9. The van der Waals surface area contributed by atoms with Crippen molar-refractivity contribution in [3.8, 4) is 0 Å². The van der Waals surface area contributed by atoms with Gasteiger partial charge in [0.05, 0.1) is 0 Å². The number of imidazole rings is 1. The number of carbonyl (C=O) groups is 1. The first-order valence-electron chi connectivity index (χ1n) is 11.1. The van der Waals surface area contributed by atoms with Crippen LogP contribution >= 0.6 is 0 Å². The molecule has 3 aliphatic rings. The van der Waals surface area contributed by atoms with E-state index in [0.29, 0.717) is 5.92 Å². The third kappa shape index (κ3) is 4.22. The zero-order valence-electron chi connectivity index (χ0n) is 18.1. The molecule has 0 spiro atoms. The first-order chi connectivity index (χ1) is 13.2. The van der Waals surface area contributed by atoms with Gasteiger partial charge in [-0.15, -0.1) is 0 Å². The Morgan fingerprint density at radius 1 is 1.11 bits per heavy atom. The Bertz CT molecular complexity index is 699. The van der Waals surface area contributed by atoms with E-state index in [4.69, 9.17) is 4.98 Å². The molecule has 2 fully saturated rings. The Morgan fingerprint density at radius 2 is 1.79 bits per heavy atom. The number of fused-ring (bicyclic) bond motifs is 1. The largest absolute Gasteiger partial charge is 0.335 e. The van der Waals surface area contributed by atoms with Crippen molar-refractivity contribution in [1.29, 1.82) is 0 Å². The molecule has 0 bridgehead atoms. The van der Waals surface area contributed by atoms with Crippen LogP contribution in [0.25, 0.3) is 0 Å². The molecular weight excluding hydrogens is 350 g/mol. The summed E-state index contributed by atoms with van der Waals surface area (Å²) in [6, 6.07) is 0.345. The third-order valence-electron chi connectivity index (χ3n) is 6.70. The molecule has 6 heteroatoms. The molecule has 1 aromatic rings. The van der Waals surface area contributed by atoms with Crippen LogP contribution in [0.2, 0.25) is 0 Å². The summed E-state index contributed by atoms with van der Waals surface area (Å²) < 4.78 is 2.45. The van der Waals surface area contributed by atoms with Gasteiger partial charge in [-0.1, -0.05) is 0 Å². The van der Waals surface area contributed by atoms with Gasteiger partial charge in [-0.05, 0) is 72.6 Å². The number of urea groups is 1. The number of likely N-dealkylation sites (tertiary alicyclic amines) is 1. The molecule has 0 radical (unpaired) electrons. The molecular formula is C22H37N5O. The maximum Gasteiger partial charge on any atom is 0.317 e. The first-order valence-corrected chi connectivity index (χ1v) is 11.1. The number of piperidine rings is 2. The van der Waals surface area contributed by atoms with Crippen LogP contribution in [0.1, 0.15) is 83.7 Å². The van der Waals surface area contributed by atoms with Gasteiger partial charge >= 0.3 is 6.03 Å². The minimum absolute atomic E-state index is 0.0481. The second kappa shape index (κ2) is 7.36. The van der Waals surface area contributed by atoms with E-state index in [2.05, 4.69) is 49.1 Å². The van der Waals surface area contributed by atoms with Crippen molar-refractivity contribution >= 4 is 6.03 Å². The molecule has 3 aliphatic heterocycles. The van der Waals surface area contributed by atoms with Gasteiger partial charge in [-0.3, -0.25) is 0 Å². The number of carbonyl (C=O) groups excluding carboxylic acids is 1. The van der Waals surface area contributed by atoms with Crippen LogP contribution in [0.3, 0.4) is 0 Å². The average Bonchev–Trinajstić information content (AvgIpc) is 3.03. The van der Waals surface area contributed by atoms with Crippen molar-refractivity contribution < 1.29 is 4.79 Å². The number of amides is 2. The van der Waals surface area contributed by atoms with Crippen LogP contribution < -0.4 is 10.6 Å². The monoisotopic (exact) mass is 387 g/mol. The molecule has 0 atom stereocenters. The number of nitrogens with one attached hydrogen (secondary N) is 2. The van der Waals surface area contributed by atoms with E-state index in [1.165, 1.54) is 24.4 Å². The lowest BCUT2D eigenvalue weighted by Gasteiger charge is -2.47. The highest BCUT2D eigenvalue weighted by Crippen LogP contribution is 2.31. The summed E-state index contributed by atoms with van der Waals surface area (Å²) in [5.74, 6) is 1.75. The lowest BCUT2D eigenvalue weighted by Crippen LogP contribution is -2.63. The predicted molar refractivity (Wildman–Crippen MR) is 112 cm³/mol. The van der Waals surface area contributed by atoms with Gasteiger partial charge in [0, 0.05) is 54.6 Å². The van der Waals surface area contributed by atoms with Crippen molar-refractivity contribution in [2.45, 2.75) is 102 Å². The summed E-state index contributed by atoms with van der Waals surface area (Å²) >= 11 is 0. The second-order valence-electron chi connectivity index (χ2n) is 10.4.